The van der Waals surface area contributed by atoms with Crippen molar-refractivity contribution < 1.29 is 4.79 Å². The Morgan fingerprint density at radius 3 is 2.25 bits per heavy atom. The first-order chi connectivity index (χ1) is 13.4. The van der Waals surface area contributed by atoms with Crippen molar-refractivity contribution in [2.75, 3.05) is 4.90 Å². The average Bonchev–Trinajstić information content (AvgIpc) is 3.14. The lowest BCUT2D eigenvalue weighted by atomic mass is 9.91. The van der Waals surface area contributed by atoms with Crippen LogP contribution < -0.4 is 4.90 Å². The van der Waals surface area contributed by atoms with Crippen LogP contribution in [-0.4, -0.2) is 15.5 Å². The van der Waals surface area contributed by atoms with Crippen molar-refractivity contribution in [2.45, 2.75) is 39.7 Å². The Morgan fingerprint density at radius 2 is 1.64 bits per heavy atom. The number of aromatic nitrogens is 2. The van der Waals surface area contributed by atoms with Crippen LogP contribution in [0.4, 0.5) is 11.6 Å². The van der Waals surface area contributed by atoms with Gasteiger partial charge in [0.15, 0.2) is 0 Å². The third kappa shape index (κ3) is 3.43. The normalized spacial score (nSPS) is 17.9. The number of fused-ring (bicyclic) bond motifs is 1. The number of hydrogen-bond acceptors (Lipinski definition) is 2. The standard InChI is InChI=1S/C20H17Cl2N3O.C2H6/c1-13-12-23-19-24(17-9-15(21)8-16(22)10-17)18(26)20(2,25(13)19)11-14-6-4-3-5-7-14;1-2/h3-10,12H,11H2,1-2H3;1-2H3. The second-order valence-corrected chi connectivity index (χ2v) is 7.61. The van der Waals surface area contributed by atoms with Crippen LogP contribution in [0.2, 0.25) is 10.0 Å². The minimum atomic E-state index is -0.772. The highest BCUT2D eigenvalue weighted by atomic mass is 35.5. The molecular formula is C22H23Cl2N3O. The van der Waals surface area contributed by atoms with Crippen LogP contribution in [0.1, 0.15) is 32.0 Å². The molecule has 2 heterocycles. The van der Waals surface area contributed by atoms with Gasteiger partial charge in [-0.2, -0.15) is 0 Å². The molecule has 0 N–H and O–H groups in total. The maximum absolute atomic E-state index is 13.5. The summed E-state index contributed by atoms with van der Waals surface area (Å²) < 4.78 is 2.00. The maximum Gasteiger partial charge on any atom is 0.260 e. The second-order valence-electron chi connectivity index (χ2n) is 6.74. The Hall–Kier alpha value is -2.30. The van der Waals surface area contributed by atoms with E-state index in [4.69, 9.17) is 23.2 Å². The number of carbonyl (C=O) groups is 1. The number of imidazole rings is 1. The van der Waals surface area contributed by atoms with E-state index in [0.29, 0.717) is 28.1 Å². The van der Waals surface area contributed by atoms with Gasteiger partial charge in [-0.15, -0.1) is 0 Å². The van der Waals surface area contributed by atoms with E-state index in [9.17, 15) is 4.79 Å². The number of halogens is 2. The molecule has 0 aliphatic carbocycles. The summed E-state index contributed by atoms with van der Waals surface area (Å²) in [6.07, 6.45) is 2.35. The van der Waals surface area contributed by atoms with E-state index in [1.807, 2.05) is 62.6 Å². The first kappa shape index (κ1) is 20.4. The highest BCUT2D eigenvalue weighted by molar-refractivity contribution is 6.35. The van der Waals surface area contributed by atoms with E-state index >= 15 is 0 Å². The smallest absolute Gasteiger partial charge is 0.260 e. The molecule has 1 amide bonds. The minimum Gasteiger partial charge on any atom is -0.299 e. The maximum atomic E-state index is 13.5. The topological polar surface area (TPSA) is 38.1 Å². The Labute approximate surface area is 175 Å². The SMILES string of the molecule is CC.Cc1cnc2n1C(C)(Cc1ccccc1)C(=O)N2c1cc(Cl)cc(Cl)c1. The summed E-state index contributed by atoms with van der Waals surface area (Å²) in [5.41, 5.74) is 1.87. The van der Waals surface area contributed by atoms with E-state index in [1.165, 1.54) is 0 Å². The van der Waals surface area contributed by atoms with Gasteiger partial charge in [0.25, 0.3) is 5.91 Å². The number of hydrogen-bond donors (Lipinski definition) is 0. The number of anilines is 2. The zero-order chi connectivity index (χ0) is 20.5. The van der Waals surface area contributed by atoms with Gasteiger partial charge in [-0.3, -0.25) is 9.36 Å². The highest BCUT2D eigenvalue weighted by Crippen LogP contribution is 2.43. The molecule has 1 aliphatic rings. The molecule has 0 fully saturated rings. The third-order valence-corrected chi connectivity index (χ3v) is 5.21. The summed E-state index contributed by atoms with van der Waals surface area (Å²) in [6.45, 7) is 7.91. The molecule has 1 aromatic heterocycles. The van der Waals surface area contributed by atoms with Crippen LogP contribution in [-0.2, 0) is 16.8 Å². The Kier molecular flexibility index (Phi) is 5.82. The predicted octanol–water partition coefficient (Wildman–Crippen LogP) is 6.16. The Bertz CT molecular complexity index is 980. The molecular weight excluding hydrogens is 393 g/mol. The molecule has 2 aromatic carbocycles. The zero-order valence-electron chi connectivity index (χ0n) is 16.4. The average molecular weight is 416 g/mol. The fourth-order valence-corrected chi connectivity index (χ4v) is 4.18. The second kappa shape index (κ2) is 7.98. The lowest BCUT2D eigenvalue weighted by Gasteiger charge is -2.26. The molecule has 28 heavy (non-hydrogen) atoms. The summed E-state index contributed by atoms with van der Waals surface area (Å²) in [6, 6.07) is 15.1. The molecule has 0 bridgehead atoms. The predicted molar refractivity (Wildman–Crippen MR) is 116 cm³/mol. The number of rotatable bonds is 3. The fourth-order valence-electron chi connectivity index (χ4n) is 3.67. The van der Waals surface area contributed by atoms with Crippen LogP contribution in [0.3, 0.4) is 0 Å². The largest absolute Gasteiger partial charge is 0.299 e. The summed E-state index contributed by atoms with van der Waals surface area (Å²) >= 11 is 12.3. The van der Waals surface area contributed by atoms with Gasteiger partial charge in [0.05, 0.1) is 11.9 Å². The van der Waals surface area contributed by atoms with E-state index < -0.39 is 5.54 Å². The summed E-state index contributed by atoms with van der Waals surface area (Å²) in [5.74, 6) is 0.537. The van der Waals surface area contributed by atoms with Crippen LogP contribution in [0.5, 0.6) is 0 Å². The number of carbonyl (C=O) groups excluding carboxylic acids is 1. The first-order valence-corrected chi connectivity index (χ1v) is 10.0. The van der Waals surface area contributed by atoms with Gasteiger partial charge >= 0.3 is 0 Å². The minimum absolute atomic E-state index is 0.0501. The molecule has 1 aliphatic heterocycles. The zero-order valence-corrected chi connectivity index (χ0v) is 17.9. The van der Waals surface area contributed by atoms with E-state index in [0.717, 1.165) is 11.3 Å². The van der Waals surface area contributed by atoms with Crippen molar-refractivity contribution in [1.29, 1.82) is 0 Å². The molecule has 6 heteroatoms. The van der Waals surface area contributed by atoms with Gasteiger partial charge in [-0.05, 0) is 37.6 Å². The van der Waals surface area contributed by atoms with Crippen LogP contribution in [0.25, 0.3) is 0 Å². The van der Waals surface area contributed by atoms with Crippen molar-refractivity contribution in [2.24, 2.45) is 0 Å². The summed E-state index contributed by atoms with van der Waals surface area (Å²) in [4.78, 5) is 19.6. The third-order valence-electron chi connectivity index (χ3n) is 4.77. The van der Waals surface area contributed by atoms with Crippen LogP contribution in [0.15, 0.2) is 54.7 Å². The first-order valence-electron chi connectivity index (χ1n) is 9.29. The molecule has 0 spiro atoms. The number of aryl methyl sites for hydroxylation is 1. The molecule has 4 rings (SSSR count). The molecule has 0 radical (unpaired) electrons. The molecule has 0 saturated heterocycles. The van der Waals surface area contributed by atoms with Gasteiger partial charge < -0.3 is 0 Å². The van der Waals surface area contributed by atoms with Crippen molar-refractivity contribution in [3.63, 3.8) is 0 Å². The lowest BCUT2D eigenvalue weighted by molar-refractivity contribution is -0.123. The molecule has 0 saturated carbocycles. The van der Waals surface area contributed by atoms with Crippen molar-refractivity contribution in [3.05, 3.63) is 76.0 Å². The fraction of sp³-hybridized carbons (Fsp3) is 0.273. The summed E-state index contributed by atoms with van der Waals surface area (Å²) in [7, 11) is 0. The van der Waals surface area contributed by atoms with Gasteiger partial charge in [-0.1, -0.05) is 67.4 Å². The van der Waals surface area contributed by atoms with E-state index in [1.54, 1.807) is 29.3 Å². The van der Waals surface area contributed by atoms with Crippen LogP contribution >= 0.6 is 23.2 Å². The van der Waals surface area contributed by atoms with Gasteiger partial charge in [-0.25, -0.2) is 9.88 Å². The monoisotopic (exact) mass is 415 g/mol. The summed E-state index contributed by atoms with van der Waals surface area (Å²) in [5, 5.41) is 0.957. The molecule has 1 unspecified atom stereocenters. The molecule has 3 aromatic rings. The van der Waals surface area contributed by atoms with Crippen molar-refractivity contribution in [1.82, 2.24) is 9.55 Å². The molecule has 4 nitrogen and oxygen atoms in total. The van der Waals surface area contributed by atoms with E-state index in [-0.39, 0.29) is 5.91 Å². The molecule has 1 atom stereocenters. The molecule has 146 valence electrons. The van der Waals surface area contributed by atoms with E-state index in [2.05, 4.69) is 4.98 Å². The van der Waals surface area contributed by atoms with Crippen molar-refractivity contribution >= 4 is 40.7 Å². The van der Waals surface area contributed by atoms with Gasteiger partial charge in [0.2, 0.25) is 5.95 Å². The Morgan fingerprint density at radius 1 is 1.04 bits per heavy atom. The Balaban J connectivity index is 0.00000109. The van der Waals surface area contributed by atoms with Gasteiger partial charge in [0, 0.05) is 22.2 Å². The van der Waals surface area contributed by atoms with Crippen molar-refractivity contribution in [3.8, 4) is 0 Å². The van der Waals surface area contributed by atoms with Crippen LogP contribution in [0, 0.1) is 6.92 Å². The number of benzene rings is 2. The lowest BCUT2D eigenvalue weighted by Crippen LogP contribution is -2.41. The number of amides is 1. The quantitative estimate of drug-likeness (QED) is 0.513. The highest BCUT2D eigenvalue weighted by Gasteiger charge is 2.49. The van der Waals surface area contributed by atoms with Gasteiger partial charge in [0.1, 0.15) is 5.54 Å². The number of nitrogens with zero attached hydrogens (tertiary/aromatic N) is 3.